The zero-order valence-corrected chi connectivity index (χ0v) is 10.7. The van der Waals surface area contributed by atoms with Crippen LogP contribution in [0.15, 0.2) is 0 Å². The number of likely N-dealkylation sites (tertiary alicyclic amines) is 1. The summed E-state index contributed by atoms with van der Waals surface area (Å²) in [6.45, 7) is 7.99. The highest BCUT2D eigenvalue weighted by molar-refractivity contribution is 4.77. The van der Waals surface area contributed by atoms with Gasteiger partial charge in [0.1, 0.15) is 0 Å². The summed E-state index contributed by atoms with van der Waals surface area (Å²) in [7, 11) is 0. The minimum atomic E-state index is -4.02. The van der Waals surface area contributed by atoms with Gasteiger partial charge in [-0.05, 0) is 37.9 Å². The van der Waals surface area contributed by atoms with Crippen molar-refractivity contribution >= 4 is 0 Å². The summed E-state index contributed by atoms with van der Waals surface area (Å²) in [5.41, 5.74) is 0. The topological polar surface area (TPSA) is 15.3 Å². The molecule has 1 aliphatic rings. The summed E-state index contributed by atoms with van der Waals surface area (Å²) in [6, 6.07) is 0. The third-order valence-electron chi connectivity index (χ3n) is 3.07. The Labute approximate surface area is 102 Å². The van der Waals surface area contributed by atoms with E-state index >= 15 is 0 Å². The smallest absolute Gasteiger partial charge is 0.316 e. The summed E-state index contributed by atoms with van der Waals surface area (Å²) in [5.74, 6) is 1.14. The molecule has 1 heterocycles. The molecule has 1 rings (SSSR count). The molecule has 0 radical (unpaired) electrons. The molecule has 0 aromatic carbocycles. The Bertz CT molecular complexity index is 216. The lowest BCUT2D eigenvalue weighted by Crippen LogP contribution is -2.30. The average molecular weight is 252 g/mol. The van der Waals surface area contributed by atoms with Crippen LogP contribution < -0.4 is 5.32 Å². The number of hydrogen-bond donors (Lipinski definition) is 1. The number of rotatable bonds is 6. The van der Waals surface area contributed by atoms with Gasteiger partial charge in [0.05, 0.1) is 6.42 Å². The lowest BCUT2D eigenvalue weighted by Gasteiger charge is -2.17. The van der Waals surface area contributed by atoms with E-state index < -0.39 is 12.6 Å². The number of halogens is 3. The molecule has 0 aromatic rings. The van der Waals surface area contributed by atoms with Crippen LogP contribution in [0.25, 0.3) is 0 Å². The fourth-order valence-corrected chi connectivity index (χ4v) is 2.14. The van der Waals surface area contributed by atoms with Gasteiger partial charge >= 0.3 is 6.18 Å². The van der Waals surface area contributed by atoms with E-state index in [9.17, 15) is 13.2 Å². The van der Waals surface area contributed by atoms with Crippen LogP contribution in [0.3, 0.4) is 0 Å². The first-order valence-corrected chi connectivity index (χ1v) is 6.36. The van der Waals surface area contributed by atoms with E-state index in [1.54, 1.807) is 0 Å². The van der Waals surface area contributed by atoms with Crippen molar-refractivity contribution in [3.63, 3.8) is 0 Å². The van der Waals surface area contributed by atoms with Crippen molar-refractivity contribution in [2.24, 2.45) is 11.8 Å². The Morgan fingerprint density at radius 2 is 2.06 bits per heavy atom. The van der Waals surface area contributed by atoms with Crippen molar-refractivity contribution in [1.29, 1.82) is 0 Å². The zero-order chi connectivity index (χ0) is 12.9. The molecule has 102 valence electrons. The van der Waals surface area contributed by atoms with Crippen LogP contribution in [0.5, 0.6) is 0 Å². The number of hydrogen-bond acceptors (Lipinski definition) is 2. The van der Waals surface area contributed by atoms with Gasteiger partial charge < -0.3 is 10.2 Å². The van der Waals surface area contributed by atoms with Gasteiger partial charge in [-0.1, -0.05) is 13.8 Å². The quantitative estimate of drug-likeness (QED) is 0.781. The third kappa shape index (κ3) is 6.88. The first-order valence-electron chi connectivity index (χ1n) is 6.36. The minimum absolute atomic E-state index is 0.157. The molecule has 0 spiro atoms. The molecule has 17 heavy (non-hydrogen) atoms. The van der Waals surface area contributed by atoms with Crippen LogP contribution in [0.1, 0.15) is 26.7 Å². The maximum absolute atomic E-state index is 12.1. The molecule has 1 unspecified atom stereocenters. The molecule has 1 atom stereocenters. The molecule has 0 aromatic heterocycles. The molecule has 1 fully saturated rings. The number of nitrogens with one attached hydrogen (secondary N) is 1. The number of nitrogens with zero attached hydrogens (tertiary/aromatic N) is 1. The second kappa shape index (κ2) is 6.59. The lowest BCUT2D eigenvalue weighted by molar-refractivity contribution is -0.137. The molecular formula is C12H23F3N2. The monoisotopic (exact) mass is 252 g/mol. The maximum atomic E-state index is 12.1. The van der Waals surface area contributed by atoms with Gasteiger partial charge in [0, 0.05) is 13.1 Å². The summed E-state index contributed by atoms with van der Waals surface area (Å²) in [5, 5.41) is 3.37. The fraction of sp³-hybridized carbons (Fsp3) is 1.00. The van der Waals surface area contributed by atoms with Crippen LogP contribution in [0.4, 0.5) is 13.2 Å². The van der Waals surface area contributed by atoms with Crippen LogP contribution in [-0.4, -0.2) is 43.8 Å². The lowest BCUT2D eigenvalue weighted by atomic mass is 10.1. The highest BCUT2D eigenvalue weighted by atomic mass is 19.4. The van der Waals surface area contributed by atoms with E-state index in [0.717, 1.165) is 32.6 Å². The largest absolute Gasteiger partial charge is 0.390 e. The predicted molar refractivity (Wildman–Crippen MR) is 62.9 cm³/mol. The van der Waals surface area contributed by atoms with Crippen LogP contribution in [0, 0.1) is 11.8 Å². The van der Waals surface area contributed by atoms with E-state index in [2.05, 4.69) is 19.2 Å². The summed E-state index contributed by atoms with van der Waals surface area (Å²) in [4.78, 5) is 1.93. The summed E-state index contributed by atoms with van der Waals surface area (Å²) < 4.78 is 36.2. The highest BCUT2D eigenvalue weighted by Crippen LogP contribution is 2.22. The van der Waals surface area contributed by atoms with Crippen molar-refractivity contribution < 1.29 is 13.2 Å². The predicted octanol–water partition coefficient (Wildman–Crippen LogP) is 2.51. The maximum Gasteiger partial charge on any atom is 0.390 e. The Morgan fingerprint density at radius 1 is 1.35 bits per heavy atom. The highest BCUT2D eigenvalue weighted by Gasteiger charge is 2.30. The molecule has 0 amide bonds. The molecule has 0 aliphatic carbocycles. The molecule has 1 saturated heterocycles. The Kier molecular flexibility index (Phi) is 5.73. The van der Waals surface area contributed by atoms with Gasteiger partial charge in [0.2, 0.25) is 0 Å². The van der Waals surface area contributed by atoms with Gasteiger partial charge in [-0.2, -0.15) is 13.2 Å². The van der Waals surface area contributed by atoms with E-state index in [1.807, 2.05) is 4.90 Å². The molecule has 5 heteroatoms. The first-order chi connectivity index (χ1) is 7.87. The average Bonchev–Trinajstić information content (AvgIpc) is 2.61. The molecule has 0 bridgehead atoms. The second-order valence-electron chi connectivity index (χ2n) is 5.37. The van der Waals surface area contributed by atoms with Gasteiger partial charge in [0.15, 0.2) is 0 Å². The Morgan fingerprint density at radius 3 is 2.65 bits per heavy atom. The molecule has 1 N–H and O–H groups in total. The van der Waals surface area contributed by atoms with Crippen molar-refractivity contribution in [3.8, 4) is 0 Å². The van der Waals surface area contributed by atoms with Crippen molar-refractivity contribution in [2.75, 3.05) is 32.7 Å². The first kappa shape index (κ1) is 14.8. The van der Waals surface area contributed by atoms with Gasteiger partial charge in [-0.15, -0.1) is 0 Å². The molecule has 1 aliphatic heterocycles. The van der Waals surface area contributed by atoms with E-state index in [1.165, 1.54) is 0 Å². The number of alkyl halides is 3. The van der Waals surface area contributed by atoms with Gasteiger partial charge in [-0.25, -0.2) is 0 Å². The van der Waals surface area contributed by atoms with Crippen molar-refractivity contribution in [1.82, 2.24) is 10.2 Å². The second-order valence-corrected chi connectivity index (χ2v) is 5.37. The molecule has 2 nitrogen and oxygen atoms in total. The standard InChI is InChI=1S/C12H23F3N2/c1-10(2)7-16-8-11-3-5-17(9-11)6-4-12(13,14)15/h10-11,16H,3-9H2,1-2H3. The fourth-order valence-electron chi connectivity index (χ4n) is 2.14. The van der Waals surface area contributed by atoms with Crippen molar-refractivity contribution in [3.05, 3.63) is 0 Å². The van der Waals surface area contributed by atoms with Crippen molar-refractivity contribution in [2.45, 2.75) is 32.9 Å². The van der Waals surface area contributed by atoms with Crippen LogP contribution >= 0.6 is 0 Å². The van der Waals surface area contributed by atoms with Crippen LogP contribution in [0.2, 0.25) is 0 Å². The van der Waals surface area contributed by atoms with E-state index in [0.29, 0.717) is 11.8 Å². The zero-order valence-electron chi connectivity index (χ0n) is 10.7. The minimum Gasteiger partial charge on any atom is -0.316 e. The Hall–Kier alpha value is -0.290. The van der Waals surface area contributed by atoms with Gasteiger partial charge in [0.25, 0.3) is 0 Å². The normalized spacial score (nSPS) is 22.6. The molecular weight excluding hydrogens is 229 g/mol. The Balaban J connectivity index is 2.10. The van der Waals surface area contributed by atoms with Gasteiger partial charge in [-0.3, -0.25) is 0 Å². The van der Waals surface area contributed by atoms with E-state index in [4.69, 9.17) is 0 Å². The summed E-state index contributed by atoms with van der Waals surface area (Å²) >= 11 is 0. The third-order valence-corrected chi connectivity index (χ3v) is 3.07. The summed E-state index contributed by atoms with van der Waals surface area (Å²) in [6.07, 6.45) is -3.68. The molecule has 0 saturated carbocycles. The SMILES string of the molecule is CC(C)CNCC1CCN(CCC(F)(F)F)C1. The van der Waals surface area contributed by atoms with E-state index in [-0.39, 0.29) is 6.54 Å². The van der Waals surface area contributed by atoms with Crippen LogP contribution in [-0.2, 0) is 0 Å².